The maximum atomic E-state index is 12.3. The molecule has 2 rings (SSSR count). The van der Waals surface area contributed by atoms with E-state index in [1.807, 2.05) is 13.8 Å². The van der Waals surface area contributed by atoms with E-state index in [4.69, 9.17) is 9.47 Å². The van der Waals surface area contributed by atoms with Gasteiger partial charge in [0, 0.05) is 5.56 Å². The number of nitrogens with one attached hydrogen (secondary N) is 1. The van der Waals surface area contributed by atoms with Crippen LogP contribution in [0, 0.1) is 5.92 Å². The number of carbonyl (C=O) groups is 2. The molecule has 0 bridgehead atoms. The fourth-order valence-corrected chi connectivity index (χ4v) is 2.40. The number of methoxy groups -OCH3 is 1. The van der Waals surface area contributed by atoms with Gasteiger partial charge in [0.05, 0.1) is 13.7 Å². The molecule has 2 N–H and O–H groups in total. The lowest BCUT2D eigenvalue weighted by molar-refractivity contribution is -0.148. The summed E-state index contributed by atoms with van der Waals surface area (Å²) in [5, 5.41) is 11.9. The number of rotatable bonds is 7. The Kier molecular flexibility index (Phi) is 5.13. The van der Waals surface area contributed by atoms with E-state index >= 15 is 0 Å². The lowest BCUT2D eigenvalue weighted by Gasteiger charge is -2.38. The van der Waals surface area contributed by atoms with E-state index in [1.165, 1.54) is 7.11 Å². The summed E-state index contributed by atoms with van der Waals surface area (Å²) in [5.41, 5.74) is -0.775. The maximum Gasteiger partial charge on any atom is 0.329 e. The van der Waals surface area contributed by atoms with Crippen LogP contribution in [0.5, 0.6) is 11.5 Å². The second-order valence-corrected chi connectivity index (χ2v) is 6.27. The van der Waals surface area contributed by atoms with Gasteiger partial charge in [0.2, 0.25) is 0 Å². The van der Waals surface area contributed by atoms with Crippen LogP contribution in [0.25, 0.3) is 0 Å². The predicted octanol–water partition coefficient (Wildman–Crippen LogP) is 2.47. The molecule has 0 unspecified atom stereocenters. The minimum atomic E-state index is -1.13. The molecule has 1 aliphatic carbocycles. The van der Waals surface area contributed by atoms with Crippen LogP contribution < -0.4 is 14.8 Å². The summed E-state index contributed by atoms with van der Waals surface area (Å²) in [5.74, 6) is -0.0101. The molecule has 0 aliphatic heterocycles. The Labute approximate surface area is 135 Å². The number of amides is 1. The molecule has 0 spiro atoms. The number of carboxylic acid groups (broad SMARTS) is 1. The number of carbonyl (C=O) groups excluding carboxylic acids is 1. The number of carboxylic acids is 1. The van der Waals surface area contributed by atoms with Crippen LogP contribution in [0.2, 0.25) is 0 Å². The molecule has 0 heterocycles. The molecule has 1 amide bonds. The van der Waals surface area contributed by atoms with Crippen molar-refractivity contribution in [2.24, 2.45) is 5.92 Å². The Morgan fingerprint density at radius 2 is 2.00 bits per heavy atom. The molecule has 23 heavy (non-hydrogen) atoms. The van der Waals surface area contributed by atoms with E-state index < -0.39 is 17.4 Å². The van der Waals surface area contributed by atoms with Gasteiger partial charge in [-0.15, -0.1) is 0 Å². The molecule has 1 fully saturated rings. The number of benzene rings is 1. The Bertz CT molecular complexity index is 593. The average molecular weight is 321 g/mol. The third-order valence-electron chi connectivity index (χ3n) is 3.97. The lowest BCUT2D eigenvalue weighted by atomic mass is 9.76. The van der Waals surface area contributed by atoms with Gasteiger partial charge in [-0.2, -0.15) is 0 Å². The fourth-order valence-electron chi connectivity index (χ4n) is 2.40. The van der Waals surface area contributed by atoms with Gasteiger partial charge in [-0.25, -0.2) is 4.79 Å². The van der Waals surface area contributed by atoms with Crippen LogP contribution in [-0.2, 0) is 4.79 Å². The second-order valence-electron chi connectivity index (χ2n) is 6.27. The molecule has 0 radical (unpaired) electrons. The molecule has 0 aromatic heterocycles. The van der Waals surface area contributed by atoms with Gasteiger partial charge < -0.3 is 19.9 Å². The first-order chi connectivity index (χ1) is 10.9. The van der Waals surface area contributed by atoms with Crippen LogP contribution in [0.4, 0.5) is 0 Å². The maximum absolute atomic E-state index is 12.3. The number of hydrogen-bond acceptors (Lipinski definition) is 4. The van der Waals surface area contributed by atoms with Gasteiger partial charge in [0.1, 0.15) is 5.54 Å². The summed E-state index contributed by atoms with van der Waals surface area (Å²) in [4.78, 5) is 23.7. The third-order valence-corrected chi connectivity index (χ3v) is 3.97. The van der Waals surface area contributed by atoms with Crippen LogP contribution in [0.1, 0.15) is 43.5 Å². The van der Waals surface area contributed by atoms with E-state index in [0.717, 1.165) is 6.42 Å². The van der Waals surface area contributed by atoms with Crippen LogP contribution >= 0.6 is 0 Å². The molecular formula is C17H23NO5. The molecule has 0 atom stereocenters. The molecule has 6 nitrogen and oxygen atoms in total. The number of hydrogen-bond donors (Lipinski definition) is 2. The summed E-state index contributed by atoms with van der Waals surface area (Å²) in [6, 6.07) is 4.85. The molecule has 6 heteroatoms. The van der Waals surface area contributed by atoms with Crippen molar-refractivity contribution in [2.75, 3.05) is 13.7 Å². The summed E-state index contributed by atoms with van der Waals surface area (Å²) in [6.07, 6.45) is 1.72. The standard InChI is InChI=1S/C17H23NO5/c1-11(2)10-23-13-6-5-12(9-14(13)22-3)15(19)18-17(16(20)21)7-4-8-17/h5-6,9,11H,4,7-8,10H2,1-3H3,(H,18,19)(H,20,21). The minimum Gasteiger partial charge on any atom is -0.493 e. The highest BCUT2D eigenvalue weighted by Gasteiger charge is 2.45. The summed E-state index contributed by atoms with van der Waals surface area (Å²) in [6.45, 7) is 4.63. The van der Waals surface area contributed by atoms with Crippen molar-refractivity contribution in [1.82, 2.24) is 5.32 Å². The first-order valence-electron chi connectivity index (χ1n) is 7.75. The van der Waals surface area contributed by atoms with Gasteiger partial charge in [-0.3, -0.25) is 4.79 Å². The Morgan fingerprint density at radius 1 is 1.30 bits per heavy atom. The van der Waals surface area contributed by atoms with Crippen molar-refractivity contribution in [3.8, 4) is 11.5 Å². The first-order valence-corrected chi connectivity index (χ1v) is 7.75. The van der Waals surface area contributed by atoms with Gasteiger partial charge in [-0.1, -0.05) is 13.8 Å². The number of aliphatic carboxylic acids is 1. The van der Waals surface area contributed by atoms with Crippen molar-refractivity contribution in [3.05, 3.63) is 23.8 Å². The van der Waals surface area contributed by atoms with Crippen LogP contribution in [-0.4, -0.2) is 36.2 Å². The van der Waals surface area contributed by atoms with Gasteiger partial charge >= 0.3 is 5.97 Å². The zero-order valence-electron chi connectivity index (χ0n) is 13.7. The summed E-state index contributed by atoms with van der Waals surface area (Å²) in [7, 11) is 1.50. The van der Waals surface area contributed by atoms with E-state index in [9.17, 15) is 14.7 Å². The Balaban J connectivity index is 2.13. The SMILES string of the molecule is COc1cc(C(=O)NC2(C(=O)O)CCC2)ccc1OCC(C)C. The molecule has 0 saturated heterocycles. The van der Waals surface area contributed by atoms with Crippen molar-refractivity contribution in [1.29, 1.82) is 0 Å². The Hall–Kier alpha value is -2.24. The normalized spacial score (nSPS) is 15.7. The zero-order valence-corrected chi connectivity index (χ0v) is 13.7. The monoisotopic (exact) mass is 321 g/mol. The Morgan fingerprint density at radius 3 is 2.48 bits per heavy atom. The van der Waals surface area contributed by atoms with E-state index in [0.29, 0.717) is 42.4 Å². The van der Waals surface area contributed by atoms with Crippen molar-refractivity contribution < 1.29 is 24.2 Å². The molecule has 126 valence electrons. The lowest BCUT2D eigenvalue weighted by Crippen LogP contribution is -2.59. The number of ether oxygens (including phenoxy) is 2. The molecule has 1 aliphatic rings. The highest BCUT2D eigenvalue weighted by molar-refractivity contribution is 5.98. The van der Waals surface area contributed by atoms with Gasteiger partial charge in [0.25, 0.3) is 5.91 Å². The topological polar surface area (TPSA) is 84.9 Å². The van der Waals surface area contributed by atoms with E-state index in [-0.39, 0.29) is 0 Å². The fraction of sp³-hybridized carbons (Fsp3) is 0.529. The third kappa shape index (κ3) is 3.75. The first kappa shape index (κ1) is 17.1. The zero-order chi connectivity index (χ0) is 17.0. The second kappa shape index (κ2) is 6.89. The molecule has 1 aromatic rings. The average Bonchev–Trinajstić information content (AvgIpc) is 2.47. The smallest absolute Gasteiger partial charge is 0.329 e. The van der Waals surface area contributed by atoms with Crippen LogP contribution in [0.15, 0.2) is 18.2 Å². The largest absolute Gasteiger partial charge is 0.493 e. The highest BCUT2D eigenvalue weighted by atomic mass is 16.5. The van der Waals surface area contributed by atoms with E-state index in [2.05, 4.69) is 5.32 Å². The van der Waals surface area contributed by atoms with Crippen molar-refractivity contribution >= 4 is 11.9 Å². The summed E-state index contributed by atoms with van der Waals surface area (Å²) >= 11 is 0. The molecular weight excluding hydrogens is 298 g/mol. The van der Waals surface area contributed by atoms with Gasteiger partial charge in [-0.05, 0) is 43.4 Å². The minimum absolute atomic E-state index is 0.353. The van der Waals surface area contributed by atoms with Crippen molar-refractivity contribution in [2.45, 2.75) is 38.6 Å². The van der Waals surface area contributed by atoms with Crippen LogP contribution in [0.3, 0.4) is 0 Å². The molecule has 1 aromatic carbocycles. The predicted molar refractivity (Wildman–Crippen MR) is 85.0 cm³/mol. The molecule has 1 saturated carbocycles. The highest BCUT2D eigenvalue weighted by Crippen LogP contribution is 2.33. The van der Waals surface area contributed by atoms with Crippen molar-refractivity contribution in [3.63, 3.8) is 0 Å². The summed E-state index contributed by atoms with van der Waals surface area (Å²) < 4.78 is 10.9. The van der Waals surface area contributed by atoms with Gasteiger partial charge in [0.15, 0.2) is 11.5 Å². The van der Waals surface area contributed by atoms with E-state index in [1.54, 1.807) is 18.2 Å². The quantitative estimate of drug-likeness (QED) is 0.806.